The predicted octanol–water partition coefficient (Wildman–Crippen LogP) is 2.60. The van der Waals surface area contributed by atoms with Gasteiger partial charge in [0.15, 0.2) is 0 Å². The van der Waals surface area contributed by atoms with Crippen molar-refractivity contribution >= 4 is 11.9 Å². The molecule has 1 atom stereocenters. The zero-order valence-electron chi connectivity index (χ0n) is 14.2. The number of H-pyrrole nitrogens is 1. The lowest BCUT2D eigenvalue weighted by Crippen LogP contribution is -2.40. The SMILES string of the molecule is CC(C)(C)c1cc(CNC(=O)[C@@H](C(=O)O)C2CCCCC2)[nH]n1. The Morgan fingerprint density at radius 3 is 2.52 bits per heavy atom. The Kier molecular flexibility index (Phi) is 5.44. The summed E-state index contributed by atoms with van der Waals surface area (Å²) in [5.74, 6) is -2.40. The van der Waals surface area contributed by atoms with Gasteiger partial charge in [-0.1, -0.05) is 40.0 Å². The van der Waals surface area contributed by atoms with Crippen molar-refractivity contribution in [2.75, 3.05) is 0 Å². The minimum absolute atomic E-state index is 0.0480. The molecule has 23 heavy (non-hydrogen) atoms. The first-order chi connectivity index (χ1) is 10.8. The number of nitrogens with one attached hydrogen (secondary N) is 2. The third-order valence-electron chi connectivity index (χ3n) is 4.52. The first-order valence-electron chi connectivity index (χ1n) is 8.34. The van der Waals surface area contributed by atoms with E-state index < -0.39 is 17.8 Å². The highest BCUT2D eigenvalue weighted by atomic mass is 16.4. The Bertz CT molecular complexity index is 554. The molecule has 1 amide bonds. The number of hydrogen-bond acceptors (Lipinski definition) is 3. The van der Waals surface area contributed by atoms with Gasteiger partial charge < -0.3 is 10.4 Å². The van der Waals surface area contributed by atoms with Gasteiger partial charge in [0.05, 0.1) is 17.9 Å². The van der Waals surface area contributed by atoms with Crippen molar-refractivity contribution in [1.82, 2.24) is 15.5 Å². The Hall–Kier alpha value is -1.85. The largest absolute Gasteiger partial charge is 0.481 e. The van der Waals surface area contributed by atoms with Crippen LogP contribution in [0.1, 0.15) is 64.3 Å². The lowest BCUT2D eigenvalue weighted by molar-refractivity contribution is -0.150. The second kappa shape index (κ2) is 7.15. The third kappa shape index (κ3) is 4.56. The predicted molar refractivity (Wildman–Crippen MR) is 86.8 cm³/mol. The molecule has 1 saturated carbocycles. The summed E-state index contributed by atoms with van der Waals surface area (Å²) in [5, 5.41) is 19.3. The molecule has 128 valence electrons. The Balaban J connectivity index is 1.96. The smallest absolute Gasteiger partial charge is 0.316 e. The second-order valence-corrected chi connectivity index (χ2v) is 7.46. The Morgan fingerprint density at radius 2 is 2.00 bits per heavy atom. The summed E-state index contributed by atoms with van der Waals surface area (Å²) in [7, 11) is 0. The molecule has 0 bridgehead atoms. The van der Waals surface area contributed by atoms with Gasteiger partial charge in [0.1, 0.15) is 5.92 Å². The number of aromatic nitrogens is 2. The average Bonchev–Trinajstić information content (AvgIpc) is 2.95. The van der Waals surface area contributed by atoms with Gasteiger partial charge >= 0.3 is 5.97 Å². The van der Waals surface area contributed by atoms with Crippen LogP contribution in [0.15, 0.2) is 6.07 Å². The lowest BCUT2D eigenvalue weighted by Gasteiger charge is -2.26. The van der Waals surface area contributed by atoms with Gasteiger partial charge in [-0.15, -0.1) is 0 Å². The van der Waals surface area contributed by atoms with Crippen LogP contribution in [0, 0.1) is 11.8 Å². The molecule has 0 spiro atoms. The van der Waals surface area contributed by atoms with E-state index in [0.29, 0.717) is 0 Å². The topological polar surface area (TPSA) is 95.1 Å². The number of carboxylic acids is 1. The first kappa shape index (κ1) is 17.5. The van der Waals surface area contributed by atoms with Crippen LogP contribution in [-0.2, 0) is 21.5 Å². The number of aromatic amines is 1. The summed E-state index contributed by atoms with van der Waals surface area (Å²) in [6, 6.07) is 1.91. The molecule has 3 N–H and O–H groups in total. The maximum absolute atomic E-state index is 12.3. The molecule has 0 aliphatic heterocycles. The average molecular weight is 321 g/mol. The van der Waals surface area contributed by atoms with Crippen molar-refractivity contribution in [3.8, 4) is 0 Å². The second-order valence-electron chi connectivity index (χ2n) is 7.46. The molecule has 0 saturated heterocycles. The standard InChI is InChI=1S/C17H27N3O3/c1-17(2,3)13-9-12(19-20-13)10-18-15(21)14(16(22)23)11-7-5-4-6-8-11/h9,11,14H,4-8,10H2,1-3H3,(H,18,21)(H,19,20)(H,22,23)/t14-/m0/s1. The van der Waals surface area contributed by atoms with E-state index in [1.165, 1.54) is 0 Å². The van der Waals surface area contributed by atoms with Crippen LogP contribution in [-0.4, -0.2) is 27.2 Å². The number of rotatable bonds is 5. The summed E-state index contributed by atoms with van der Waals surface area (Å²) in [4.78, 5) is 23.8. The van der Waals surface area contributed by atoms with E-state index in [0.717, 1.165) is 43.5 Å². The minimum Gasteiger partial charge on any atom is -0.481 e. The van der Waals surface area contributed by atoms with Gasteiger partial charge in [-0.3, -0.25) is 14.7 Å². The summed E-state index contributed by atoms with van der Waals surface area (Å²) in [5.41, 5.74) is 1.64. The third-order valence-corrected chi connectivity index (χ3v) is 4.52. The van der Waals surface area contributed by atoms with Crippen molar-refractivity contribution in [2.45, 2.75) is 64.8 Å². The first-order valence-corrected chi connectivity index (χ1v) is 8.34. The van der Waals surface area contributed by atoms with Gasteiger partial charge in [-0.25, -0.2) is 0 Å². The molecule has 6 heteroatoms. The quantitative estimate of drug-likeness (QED) is 0.726. The highest BCUT2D eigenvalue weighted by Gasteiger charge is 2.35. The Labute approximate surface area is 137 Å². The minimum atomic E-state index is -1.02. The molecule has 2 rings (SSSR count). The fourth-order valence-corrected chi connectivity index (χ4v) is 3.12. The fourth-order valence-electron chi connectivity index (χ4n) is 3.12. The number of carbonyl (C=O) groups excluding carboxylic acids is 1. The van der Waals surface area contributed by atoms with Gasteiger partial charge in [-0.05, 0) is 24.8 Å². The number of hydrogen-bond donors (Lipinski definition) is 3. The van der Waals surface area contributed by atoms with Gasteiger partial charge in [0.2, 0.25) is 5.91 Å². The van der Waals surface area contributed by atoms with Crippen molar-refractivity contribution < 1.29 is 14.7 Å². The molecular formula is C17H27N3O3. The van der Waals surface area contributed by atoms with Gasteiger partial charge in [0, 0.05) is 5.41 Å². The monoisotopic (exact) mass is 321 g/mol. The summed E-state index contributed by atoms with van der Waals surface area (Å²) in [6.45, 7) is 6.47. The van der Waals surface area contributed by atoms with Crippen LogP contribution in [0.25, 0.3) is 0 Å². The van der Waals surface area contributed by atoms with Gasteiger partial charge in [0.25, 0.3) is 0 Å². The molecular weight excluding hydrogens is 294 g/mol. The van der Waals surface area contributed by atoms with Gasteiger partial charge in [-0.2, -0.15) is 5.10 Å². The summed E-state index contributed by atoms with van der Waals surface area (Å²) in [6.07, 6.45) is 4.80. The van der Waals surface area contributed by atoms with E-state index in [-0.39, 0.29) is 17.9 Å². The number of carbonyl (C=O) groups is 2. The van der Waals surface area contributed by atoms with Crippen LogP contribution < -0.4 is 5.32 Å². The molecule has 1 aliphatic carbocycles. The molecule has 0 unspecified atom stereocenters. The van der Waals surface area contributed by atoms with Crippen LogP contribution in [0.3, 0.4) is 0 Å². The molecule has 1 heterocycles. The molecule has 1 aromatic rings. The molecule has 1 aromatic heterocycles. The molecule has 6 nitrogen and oxygen atoms in total. The highest BCUT2D eigenvalue weighted by Crippen LogP contribution is 2.30. The van der Waals surface area contributed by atoms with Crippen molar-refractivity contribution in [2.24, 2.45) is 11.8 Å². The zero-order chi connectivity index (χ0) is 17.0. The highest BCUT2D eigenvalue weighted by molar-refractivity contribution is 5.97. The lowest BCUT2D eigenvalue weighted by atomic mass is 9.79. The molecule has 1 fully saturated rings. The summed E-state index contributed by atoms with van der Waals surface area (Å²) < 4.78 is 0. The van der Waals surface area contributed by atoms with Crippen molar-refractivity contribution in [3.63, 3.8) is 0 Å². The van der Waals surface area contributed by atoms with Crippen LogP contribution in [0.4, 0.5) is 0 Å². The normalized spacial score (nSPS) is 17.7. The van der Waals surface area contributed by atoms with Crippen molar-refractivity contribution in [3.05, 3.63) is 17.5 Å². The number of carboxylic acid groups (broad SMARTS) is 1. The summed E-state index contributed by atoms with van der Waals surface area (Å²) >= 11 is 0. The van der Waals surface area contributed by atoms with Crippen LogP contribution >= 0.6 is 0 Å². The number of amides is 1. The van der Waals surface area contributed by atoms with E-state index in [4.69, 9.17) is 0 Å². The molecule has 0 radical (unpaired) electrons. The van der Waals surface area contributed by atoms with E-state index in [1.807, 2.05) is 6.07 Å². The maximum Gasteiger partial charge on any atom is 0.316 e. The Morgan fingerprint density at radius 1 is 1.35 bits per heavy atom. The van der Waals surface area contributed by atoms with E-state index in [2.05, 4.69) is 36.3 Å². The molecule has 0 aromatic carbocycles. The van der Waals surface area contributed by atoms with Crippen LogP contribution in [0.5, 0.6) is 0 Å². The van der Waals surface area contributed by atoms with Crippen molar-refractivity contribution in [1.29, 1.82) is 0 Å². The zero-order valence-corrected chi connectivity index (χ0v) is 14.2. The maximum atomic E-state index is 12.3. The van der Waals surface area contributed by atoms with E-state index in [1.54, 1.807) is 0 Å². The number of aliphatic carboxylic acids is 1. The van der Waals surface area contributed by atoms with E-state index >= 15 is 0 Å². The van der Waals surface area contributed by atoms with E-state index in [9.17, 15) is 14.7 Å². The van der Waals surface area contributed by atoms with Crippen LogP contribution in [0.2, 0.25) is 0 Å². The number of nitrogens with zero attached hydrogens (tertiary/aromatic N) is 1. The molecule has 1 aliphatic rings. The fraction of sp³-hybridized carbons (Fsp3) is 0.706.